The first kappa shape index (κ1) is 15.7. The number of nitrogens with zero attached hydrogens (tertiary/aromatic N) is 1. The highest BCUT2D eigenvalue weighted by atomic mass is 16.5. The van der Waals surface area contributed by atoms with Crippen molar-refractivity contribution in [1.29, 1.82) is 0 Å². The van der Waals surface area contributed by atoms with Crippen molar-refractivity contribution >= 4 is 11.8 Å². The second kappa shape index (κ2) is 7.91. The Bertz CT molecular complexity index is 333. The number of nitrogens with one attached hydrogen (secondary N) is 1. The monoisotopic (exact) mass is 269 g/mol. The molecule has 19 heavy (non-hydrogen) atoms. The average Bonchev–Trinajstić information content (AvgIpc) is 2.44. The molecule has 2 amide bonds. The topological polar surface area (TPSA) is 84.7 Å². The quantitative estimate of drug-likeness (QED) is 0.645. The first-order chi connectivity index (χ1) is 9.11. The highest BCUT2D eigenvalue weighted by molar-refractivity contribution is 5.90. The standard InChI is InChI=1S/C13H23N3O3/c1-3-5-10(14)13(18)16-7-8-19-9-11(16)12(17)15-6-4-2/h3,10-11H,1,4-9,14H2,2H3,(H,15,17). The normalized spacial score (nSPS) is 20.7. The van der Waals surface area contributed by atoms with E-state index in [1.54, 1.807) is 6.08 Å². The van der Waals surface area contributed by atoms with Crippen LogP contribution in [0.25, 0.3) is 0 Å². The maximum Gasteiger partial charge on any atom is 0.245 e. The van der Waals surface area contributed by atoms with Gasteiger partial charge in [-0.3, -0.25) is 9.59 Å². The molecule has 0 radical (unpaired) electrons. The first-order valence-corrected chi connectivity index (χ1v) is 6.64. The first-order valence-electron chi connectivity index (χ1n) is 6.64. The Hall–Kier alpha value is -1.40. The Kier molecular flexibility index (Phi) is 6.52. The van der Waals surface area contributed by atoms with E-state index in [9.17, 15) is 9.59 Å². The van der Waals surface area contributed by atoms with Gasteiger partial charge in [-0.25, -0.2) is 0 Å². The van der Waals surface area contributed by atoms with Crippen LogP contribution < -0.4 is 11.1 Å². The molecule has 0 aromatic rings. The number of hydrogen-bond acceptors (Lipinski definition) is 4. The lowest BCUT2D eigenvalue weighted by molar-refractivity contribution is -0.149. The molecule has 1 aliphatic heterocycles. The Morgan fingerprint density at radius 1 is 1.63 bits per heavy atom. The van der Waals surface area contributed by atoms with Gasteiger partial charge in [0.05, 0.1) is 19.3 Å². The van der Waals surface area contributed by atoms with Crippen LogP contribution in [0.4, 0.5) is 0 Å². The summed E-state index contributed by atoms with van der Waals surface area (Å²) >= 11 is 0. The molecule has 1 rings (SSSR count). The van der Waals surface area contributed by atoms with E-state index < -0.39 is 12.1 Å². The summed E-state index contributed by atoms with van der Waals surface area (Å²) in [5.74, 6) is -0.402. The van der Waals surface area contributed by atoms with E-state index in [4.69, 9.17) is 10.5 Å². The molecule has 0 aromatic carbocycles. The maximum atomic E-state index is 12.2. The van der Waals surface area contributed by atoms with Gasteiger partial charge in [0.15, 0.2) is 0 Å². The Morgan fingerprint density at radius 3 is 3.00 bits per heavy atom. The van der Waals surface area contributed by atoms with Gasteiger partial charge in [-0.1, -0.05) is 13.0 Å². The molecule has 0 saturated carbocycles. The molecule has 108 valence electrons. The fourth-order valence-corrected chi connectivity index (χ4v) is 1.94. The van der Waals surface area contributed by atoms with Gasteiger partial charge in [-0.2, -0.15) is 0 Å². The average molecular weight is 269 g/mol. The highest BCUT2D eigenvalue weighted by Crippen LogP contribution is 2.10. The van der Waals surface area contributed by atoms with Crippen molar-refractivity contribution in [3.05, 3.63) is 12.7 Å². The third kappa shape index (κ3) is 4.33. The van der Waals surface area contributed by atoms with Crippen molar-refractivity contribution in [2.45, 2.75) is 31.8 Å². The lowest BCUT2D eigenvalue weighted by Gasteiger charge is -2.35. The molecule has 0 aromatic heterocycles. The molecule has 1 heterocycles. The van der Waals surface area contributed by atoms with Crippen molar-refractivity contribution in [2.24, 2.45) is 5.73 Å². The van der Waals surface area contributed by atoms with E-state index in [1.807, 2.05) is 6.92 Å². The van der Waals surface area contributed by atoms with Gasteiger partial charge in [-0.05, 0) is 12.8 Å². The summed E-state index contributed by atoms with van der Waals surface area (Å²) in [6.45, 7) is 7.19. The molecule has 6 nitrogen and oxygen atoms in total. The number of carbonyl (C=O) groups excluding carboxylic acids is 2. The molecular formula is C13H23N3O3. The number of morpholine rings is 1. The van der Waals surface area contributed by atoms with Crippen LogP contribution in [0.5, 0.6) is 0 Å². The van der Waals surface area contributed by atoms with Crippen molar-refractivity contribution < 1.29 is 14.3 Å². The number of carbonyl (C=O) groups is 2. The van der Waals surface area contributed by atoms with Crippen molar-refractivity contribution in [3.63, 3.8) is 0 Å². The zero-order valence-electron chi connectivity index (χ0n) is 11.4. The summed E-state index contributed by atoms with van der Waals surface area (Å²) in [5.41, 5.74) is 5.79. The third-order valence-electron chi connectivity index (χ3n) is 3.00. The summed E-state index contributed by atoms with van der Waals surface area (Å²) in [4.78, 5) is 25.7. The zero-order valence-corrected chi connectivity index (χ0v) is 11.4. The number of hydrogen-bond donors (Lipinski definition) is 2. The minimum Gasteiger partial charge on any atom is -0.377 e. The predicted octanol–water partition coefficient (Wildman–Crippen LogP) is -0.357. The minimum atomic E-state index is -0.642. The summed E-state index contributed by atoms with van der Waals surface area (Å²) in [6.07, 6.45) is 2.86. The zero-order chi connectivity index (χ0) is 14.3. The van der Waals surface area contributed by atoms with Crippen molar-refractivity contribution in [3.8, 4) is 0 Å². The van der Waals surface area contributed by atoms with E-state index in [0.717, 1.165) is 6.42 Å². The number of nitrogens with two attached hydrogens (primary N) is 1. The van der Waals surface area contributed by atoms with Crippen molar-refractivity contribution in [2.75, 3.05) is 26.3 Å². The molecule has 3 N–H and O–H groups in total. The molecule has 0 spiro atoms. The van der Waals surface area contributed by atoms with Gasteiger partial charge >= 0.3 is 0 Å². The minimum absolute atomic E-state index is 0.180. The molecule has 2 unspecified atom stereocenters. The van der Waals surface area contributed by atoms with E-state index in [1.165, 1.54) is 4.90 Å². The number of ether oxygens (including phenoxy) is 1. The fraction of sp³-hybridized carbons (Fsp3) is 0.692. The van der Waals surface area contributed by atoms with Crippen LogP contribution in [0.2, 0.25) is 0 Å². The predicted molar refractivity (Wildman–Crippen MR) is 72.4 cm³/mol. The number of amides is 2. The third-order valence-corrected chi connectivity index (χ3v) is 3.00. The molecule has 2 atom stereocenters. The van der Waals surface area contributed by atoms with Crippen LogP contribution in [0.3, 0.4) is 0 Å². The van der Waals surface area contributed by atoms with Gasteiger partial charge in [0.2, 0.25) is 11.8 Å². The maximum absolute atomic E-state index is 12.2. The summed E-state index contributed by atoms with van der Waals surface area (Å²) in [5, 5.41) is 2.78. The summed E-state index contributed by atoms with van der Waals surface area (Å²) in [7, 11) is 0. The number of rotatable bonds is 6. The molecule has 1 aliphatic rings. The van der Waals surface area contributed by atoms with E-state index in [2.05, 4.69) is 11.9 Å². The Labute approximate surface area is 114 Å². The van der Waals surface area contributed by atoms with Crippen LogP contribution >= 0.6 is 0 Å². The van der Waals surface area contributed by atoms with Gasteiger partial charge in [0.25, 0.3) is 0 Å². The summed E-state index contributed by atoms with van der Waals surface area (Å²) < 4.78 is 5.29. The lowest BCUT2D eigenvalue weighted by Crippen LogP contribution is -2.59. The van der Waals surface area contributed by atoms with Gasteiger partial charge in [0.1, 0.15) is 6.04 Å². The molecule has 1 fully saturated rings. The van der Waals surface area contributed by atoms with Crippen LogP contribution in [0.15, 0.2) is 12.7 Å². The summed E-state index contributed by atoms with van der Waals surface area (Å²) in [6, 6.07) is -1.22. The molecule has 1 saturated heterocycles. The van der Waals surface area contributed by atoms with E-state index in [0.29, 0.717) is 26.1 Å². The SMILES string of the molecule is C=CCC(N)C(=O)N1CCOCC1C(=O)NCCC. The molecular weight excluding hydrogens is 246 g/mol. The lowest BCUT2D eigenvalue weighted by atomic mass is 10.1. The van der Waals surface area contributed by atoms with Crippen LogP contribution in [-0.2, 0) is 14.3 Å². The Morgan fingerprint density at radius 2 is 2.37 bits per heavy atom. The molecule has 0 bridgehead atoms. The van der Waals surface area contributed by atoms with Crippen LogP contribution in [-0.4, -0.2) is 55.1 Å². The van der Waals surface area contributed by atoms with E-state index >= 15 is 0 Å². The Balaban J connectivity index is 2.68. The van der Waals surface area contributed by atoms with Gasteiger partial charge in [-0.15, -0.1) is 6.58 Å². The highest BCUT2D eigenvalue weighted by Gasteiger charge is 2.34. The fourth-order valence-electron chi connectivity index (χ4n) is 1.94. The smallest absolute Gasteiger partial charge is 0.245 e. The molecule has 0 aliphatic carbocycles. The van der Waals surface area contributed by atoms with Crippen LogP contribution in [0, 0.1) is 0 Å². The largest absolute Gasteiger partial charge is 0.377 e. The van der Waals surface area contributed by atoms with Crippen LogP contribution in [0.1, 0.15) is 19.8 Å². The van der Waals surface area contributed by atoms with Gasteiger partial charge in [0, 0.05) is 13.1 Å². The van der Waals surface area contributed by atoms with Crippen molar-refractivity contribution in [1.82, 2.24) is 10.2 Å². The molecule has 6 heteroatoms. The second-order valence-electron chi connectivity index (χ2n) is 4.54. The van der Waals surface area contributed by atoms with Gasteiger partial charge < -0.3 is 20.7 Å². The van der Waals surface area contributed by atoms with E-state index in [-0.39, 0.29) is 18.4 Å². The second-order valence-corrected chi connectivity index (χ2v) is 4.54.